The van der Waals surface area contributed by atoms with E-state index in [1.807, 2.05) is 0 Å². The molecule has 1 N–H and O–H groups in total. The Hall–Kier alpha value is -0.450. The summed E-state index contributed by atoms with van der Waals surface area (Å²) in [5.41, 5.74) is 1.15. The van der Waals surface area contributed by atoms with E-state index in [4.69, 9.17) is 0 Å². The standard InChI is InChI=1S/C12H21N3S/c1-4-13-11-5-6-15(7-11)10(3)12-14-9(2)8-16-12/h8,10-11,13H,4-7H2,1-3H3. The summed E-state index contributed by atoms with van der Waals surface area (Å²) >= 11 is 1.79. The summed E-state index contributed by atoms with van der Waals surface area (Å²) in [5, 5.41) is 6.93. The highest BCUT2D eigenvalue weighted by molar-refractivity contribution is 7.09. The molecule has 16 heavy (non-hydrogen) atoms. The van der Waals surface area contributed by atoms with E-state index in [1.165, 1.54) is 18.0 Å². The molecular formula is C12H21N3S. The fourth-order valence-electron chi connectivity index (χ4n) is 2.31. The van der Waals surface area contributed by atoms with Crippen LogP contribution in [0.2, 0.25) is 0 Å². The molecule has 0 amide bonds. The number of nitrogens with one attached hydrogen (secondary N) is 1. The van der Waals surface area contributed by atoms with Gasteiger partial charge in [-0.25, -0.2) is 4.98 Å². The second-order valence-corrected chi connectivity index (χ2v) is 5.43. The molecule has 1 aromatic rings. The highest BCUT2D eigenvalue weighted by atomic mass is 32.1. The monoisotopic (exact) mass is 239 g/mol. The van der Waals surface area contributed by atoms with Crippen molar-refractivity contribution in [2.24, 2.45) is 0 Å². The molecule has 1 aliphatic rings. The predicted octanol–water partition coefficient (Wildman–Crippen LogP) is 2.20. The maximum atomic E-state index is 4.58. The van der Waals surface area contributed by atoms with Crippen LogP contribution in [0.5, 0.6) is 0 Å². The minimum Gasteiger partial charge on any atom is -0.313 e. The van der Waals surface area contributed by atoms with Crippen LogP contribution in [0, 0.1) is 6.92 Å². The molecule has 0 bridgehead atoms. The fraction of sp³-hybridized carbons (Fsp3) is 0.750. The predicted molar refractivity (Wildman–Crippen MR) is 68.9 cm³/mol. The van der Waals surface area contributed by atoms with E-state index >= 15 is 0 Å². The van der Waals surface area contributed by atoms with Crippen molar-refractivity contribution < 1.29 is 0 Å². The van der Waals surface area contributed by atoms with Crippen LogP contribution in [-0.4, -0.2) is 35.6 Å². The molecule has 2 heterocycles. The number of likely N-dealkylation sites (N-methyl/N-ethyl adjacent to an activating group) is 1. The molecule has 0 aromatic carbocycles. The summed E-state index contributed by atoms with van der Waals surface area (Å²) in [6.45, 7) is 9.94. The topological polar surface area (TPSA) is 28.2 Å². The third-order valence-corrected chi connectivity index (χ3v) is 4.39. The molecule has 0 saturated carbocycles. The normalized spacial score (nSPS) is 23.8. The first-order chi connectivity index (χ1) is 7.70. The summed E-state index contributed by atoms with van der Waals surface area (Å²) in [5.74, 6) is 0. The Labute approximate surface area is 102 Å². The van der Waals surface area contributed by atoms with Gasteiger partial charge in [0.1, 0.15) is 5.01 Å². The van der Waals surface area contributed by atoms with Gasteiger partial charge >= 0.3 is 0 Å². The van der Waals surface area contributed by atoms with Gasteiger partial charge in [0.25, 0.3) is 0 Å². The molecular weight excluding hydrogens is 218 g/mol. The number of likely N-dealkylation sites (tertiary alicyclic amines) is 1. The molecule has 1 saturated heterocycles. The molecule has 90 valence electrons. The number of nitrogens with zero attached hydrogens (tertiary/aromatic N) is 2. The second-order valence-electron chi connectivity index (χ2n) is 4.54. The quantitative estimate of drug-likeness (QED) is 0.873. The van der Waals surface area contributed by atoms with Crippen LogP contribution in [0.15, 0.2) is 5.38 Å². The third-order valence-electron chi connectivity index (χ3n) is 3.25. The van der Waals surface area contributed by atoms with Crippen LogP contribution in [-0.2, 0) is 0 Å². The van der Waals surface area contributed by atoms with Crippen LogP contribution in [0.25, 0.3) is 0 Å². The summed E-state index contributed by atoms with van der Waals surface area (Å²) in [6.07, 6.45) is 1.27. The van der Waals surface area contributed by atoms with Gasteiger partial charge in [0, 0.05) is 30.2 Å². The Kier molecular flexibility index (Phi) is 3.95. The number of aryl methyl sites for hydroxylation is 1. The van der Waals surface area contributed by atoms with E-state index in [1.54, 1.807) is 11.3 Å². The second kappa shape index (κ2) is 5.25. The van der Waals surface area contributed by atoms with Crippen molar-refractivity contribution in [2.45, 2.75) is 39.3 Å². The molecule has 3 nitrogen and oxygen atoms in total. The summed E-state index contributed by atoms with van der Waals surface area (Å²) in [6, 6.07) is 1.15. The van der Waals surface area contributed by atoms with Crippen molar-refractivity contribution in [1.82, 2.24) is 15.2 Å². The zero-order valence-corrected chi connectivity index (χ0v) is 11.2. The molecule has 1 aromatic heterocycles. The smallest absolute Gasteiger partial charge is 0.110 e. The van der Waals surface area contributed by atoms with Gasteiger partial charge in [-0.15, -0.1) is 11.3 Å². The lowest BCUT2D eigenvalue weighted by molar-refractivity contribution is 0.255. The summed E-state index contributed by atoms with van der Waals surface area (Å²) < 4.78 is 0. The van der Waals surface area contributed by atoms with Gasteiger partial charge in [-0.1, -0.05) is 6.92 Å². The number of hydrogen-bond donors (Lipinski definition) is 1. The number of rotatable bonds is 4. The van der Waals surface area contributed by atoms with Crippen molar-refractivity contribution in [3.05, 3.63) is 16.1 Å². The zero-order chi connectivity index (χ0) is 11.5. The Bertz CT molecular complexity index is 337. The van der Waals surface area contributed by atoms with E-state index in [-0.39, 0.29) is 0 Å². The minimum absolute atomic E-state index is 0.474. The highest BCUT2D eigenvalue weighted by Crippen LogP contribution is 2.26. The van der Waals surface area contributed by atoms with E-state index in [2.05, 4.69) is 41.4 Å². The van der Waals surface area contributed by atoms with Crippen LogP contribution >= 0.6 is 11.3 Å². The van der Waals surface area contributed by atoms with E-state index < -0.39 is 0 Å². The lowest BCUT2D eigenvalue weighted by atomic mass is 10.2. The van der Waals surface area contributed by atoms with E-state index in [0.29, 0.717) is 12.1 Å². The van der Waals surface area contributed by atoms with Gasteiger partial charge in [-0.05, 0) is 26.8 Å². The molecule has 4 heteroatoms. The molecule has 1 fully saturated rings. The van der Waals surface area contributed by atoms with Gasteiger partial charge in [-0.2, -0.15) is 0 Å². The first kappa shape index (κ1) is 12.0. The van der Waals surface area contributed by atoms with Gasteiger partial charge in [0.05, 0.1) is 6.04 Å². The molecule has 0 radical (unpaired) electrons. The van der Waals surface area contributed by atoms with Crippen LogP contribution in [0.1, 0.15) is 37.0 Å². The SMILES string of the molecule is CCNC1CCN(C(C)c2nc(C)cs2)C1. The maximum absolute atomic E-state index is 4.58. The average Bonchev–Trinajstić information content (AvgIpc) is 2.87. The molecule has 2 rings (SSSR count). The Morgan fingerprint density at radius 2 is 2.50 bits per heavy atom. The Balaban J connectivity index is 1.94. The van der Waals surface area contributed by atoms with Crippen molar-refractivity contribution in [1.29, 1.82) is 0 Å². The van der Waals surface area contributed by atoms with Crippen LogP contribution in [0.4, 0.5) is 0 Å². The first-order valence-electron chi connectivity index (χ1n) is 6.10. The van der Waals surface area contributed by atoms with Gasteiger partial charge in [0.15, 0.2) is 0 Å². The minimum atomic E-state index is 0.474. The first-order valence-corrected chi connectivity index (χ1v) is 6.98. The molecule has 0 aliphatic carbocycles. The van der Waals surface area contributed by atoms with E-state index in [0.717, 1.165) is 18.8 Å². The van der Waals surface area contributed by atoms with Gasteiger partial charge < -0.3 is 5.32 Å². The van der Waals surface area contributed by atoms with Crippen molar-refractivity contribution >= 4 is 11.3 Å². The summed E-state index contributed by atoms with van der Waals surface area (Å²) in [7, 11) is 0. The van der Waals surface area contributed by atoms with Gasteiger partial charge in [-0.3, -0.25) is 4.90 Å². The van der Waals surface area contributed by atoms with Crippen LogP contribution in [0.3, 0.4) is 0 Å². The van der Waals surface area contributed by atoms with E-state index in [9.17, 15) is 0 Å². The molecule has 2 unspecified atom stereocenters. The Morgan fingerprint density at radius 3 is 3.12 bits per heavy atom. The van der Waals surface area contributed by atoms with Crippen molar-refractivity contribution in [3.8, 4) is 0 Å². The van der Waals surface area contributed by atoms with Crippen molar-refractivity contribution in [3.63, 3.8) is 0 Å². The number of aromatic nitrogens is 1. The highest BCUT2D eigenvalue weighted by Gasteiger charge is 2.27. The molecule has 0 spiro atoms. The van der Waals surface area contributed by atoms with Crippen LogP contribution < -0.4 is 5.32 Å². The maximum Gasteiger partial charge on any atom is 0.110 e. The number of hydrogen-bond acceptors (Lipinski definition) is 4. The molecule has 2 atom stereocenters. The summed E-state index contributed by atoms with van der Waals surface area (Å²) in [4.78, 5) is 7.12. The third kappa shape index (κ3) is 2.62. The fourth-order valence-corrected chi connectivity index (χ4v) is 3.20. The van der Waals surface area contributed by atoms with Crippen molar-refractivity contribution in [2.75, 3.05) is 19.6 Å². The lowest BCUT2D eigenvalue weighted by Crippen LogP contribution is -2.33. The lowest BCUT2D eigenvalue weighted by Gasteiger charge is -2.22. The Morgan fingerprint density at radius 1 is 1.69 bits per heavy atom. The largest absolute Gasteiger partial charge is 0.313 e. The zero-order valence-electron chi connectivity index (χ0n) is 10.4. The average molecular weight is 239 g/mol. The number of thiazole rings is 1. The molecule has 1 aliphatic heterocycles. The van der Waals surface area contributed by atoms with Gasteiger partial charge in [0.2, 0.25) is 0 Å².